The second-order valence-corrected chi connectivity index (χ2v) is 7.05. The van der Waals surface area contributed by atoms with Crippen LogP contribution in [-0.4, -0.2) is 61.0 Å². The third-order valence-corrected chi connectivity index (χ3v) is 4.57. The van der Waals surface area contributed by atoms with Gasteiger partial charge < -0.3 is 20.5 Å². The van der Waals surface area contributed by atoms with Crippen LogP contribution in [0.15, 0.2) is 4.99 Å². The standard InChI is InChI=1S/C15H31N3O2S/c1-4-16-14(17-7-9-20-8-5-13(2)3)18-11-15(19)6-10-21-12-15/h13,19H,4-12H2,1-3H3,(H2,16,17,18). The summed E-state index contributed by atoms with van der Waals surface area (Å²) in [6, 6.07) is 0. The van der Waals surface area contributed by atoms with Gasteiger partial charge >= 0.3 is 0 Å². The van der Waals surface area contributed by atoms with Gasteiger partial charge in [-0.25, -0.2) is 0 Å². The lowest BCUT2D eigenvalue weighted by molar-refractivity contribution is 0.0778. The smallest absolute Gasteiger partial charge is 0.191 e. The average Bonchev–Trinajstić information content (AvgIpc) is 2.87. The van der Waals surface area contributed by atoms with Gasteiger partial charge in [0.2, 0.25) is 0 Å². The van der Waals surface area contributed by atoms with Crippen molar-refractivity contribution in [3.8, 4) is 0 Å². The minimum absolute atomic E-state index is 0.462. The summed E-state index contributed by atoms with van der Waals surface area (Å²) in [7, 11) is 0. The van der Waals surface area contributed by atoms with Crippen LogP contribution in [0, 0.1) is 5.92 Å². The highest BCUT2D eigenvalue weighted by atomic mass is 32.2. The molecule has 0 aromatic carbocycles. The summed E-state index contributed by atoms with van der Waals surface area (Å²) >= 11 is 1.80. The van der Waals surface area contributed by atoms with Crippen molar-refractivity contribution in [3.05, 3.63) is 0 Å². The van der Waals surface area contributed by atoms with Crippen LogP contribution in [0.5, 0.6) is 0 Å². The molecule has 1 aliphatic heterocycles. The number of aliphatic hydroxyl groups is 1. The molecule has 1 rings (SSSR count). The fraction of sp³-hybridized carbons (Fsp3) is 0.933. The van der Waals surface area contributed by atoms with Crippen molar-refractivity contribution in [3.63, 3.8) is 0 Å². The van der Waals surface area contributed by atoms with E-state index in [1.165, 1.54) is 0 Å². The molecule has 5 nitrogen and oxygen atoms in total. The van der Waals surface area contributed by atoms with E-state index in [0.29, 0.717) is 19.1 Å². The Bertz CT molecular complexity index is 305. The molecule has 1 unspecified atom stereocenters. The van der Waals surface area contributed by atoms with E-state index < -0.39 is 5.60 Å². The maximum absolute atomic E-state index is 10.3. The first-order chi connectivity index (χ1) is 10.1. The van der Waals surface area contributed by atoms with E-state index in [4.69, 9.17) is 4.74 Å². The Hall–Kier alpha value is -0.460. The minimum atomic E-state index is -0.624. The highest BCUT2D eigenvalue weighted by Crippen LogP contribution is 2.27. The lowest BCUT2D eigenvalue weighted by Gasteiger charge is -2.19. The minimum Gasteiger partial charge on any atom is -0.387 e. The number of hydrogen-bond acceptors (Lipinski definition) is 4. The Balaban J connectivity index is 2.22. The largest absolute Gasteiger partial charge is 0.387 e. The van der Waals surface area contributed by atoms with Gasteiger partial charge in [0.25, 0.3) is 0 Å². The maximum atomic E-state index is 10.3. The highest BCUT2D eigenvalue weighted by Gasteiger charge is 2.31. The third-order valence-electron chi connectivity index (χ3n) is 3.34. The number of hydrogen-bond donors (Lipinski definition) is 3. The molecule has 1 heterocycles. The van der Waals surface area contributed by atoms with Gasteiger partial charge in [0.05, 0.1) is 18.8 Å². The SMILES string of the molecule is CCNC(=NCC1(O)CCSC1)NCCOCCC(C)C. The van der Waals surface area contributed by atoms with Crippen LogP contribution >= 0.6 is 11.8 Å². The zero-order valence-electron chi connectivity index (χ0n) is 13.7. The Labute approximate surface area is 133 Å². The summed E-state index contributed by atoms with van der Waals surface area (Å²) in [6.07, 6.45) is 1.93. The Morgan fingerprint density at radius 2 is 2.19 bits per heavy atom. The van der Waals surface area contributed by atoms with Gasteiger partial charge in [-0.15, -0.1) is 0 Å². The third kappa shape index (κ3) is 8.53. The van der Waals surface area contributed by atoms with Crippen molar-refractivity contribution >= 4 is 17.7 Å². The average molecular weight is 317 g/mol. The van der Waals surface area contributed by atoms with Crippen LogP contribution in [0.25, 0.3) is 0 Å². The van der Waals surface area contributed by atoms with Crippen LogP contribution in [-0.2, 0) is 4.74 Å². The van der Waals surface area contributed by atoms with Crippen LogP contribution in [0.2, 0.25) is 0 Å². The molecule has 0 saturated carbocycles. The van der Waals surface area contributed by atoms with Crippen molar-refractivity contribution < 1.29 is 9.84 Å². The first-order valence-electron chi connectivity index (χ1n) is 7.96. The molecule has 0 amide bonds. The summed E-state index contributed by atoms with van der Waals surface area (Å²) < 4.78 is 5.57. The molecule has 3 N–H and O–H groups in total. The number of guanidine groups is 1. The van der Waals surface area contributed by atoms with Gasteiger partial charge in [0.1, 0.15) is 0 Å². The fourth-order valence-electron chi connectivity index (χ4n) is 1.95. The number of nitrogens with zero attached hydrogens (tertiary/aromatic N) is 1. The van der Waals surface area contributed by atoms with Crippen molar-refractivity contribution in [2.75, 3.05) is 44.4 Å². The van der Waals surface area contributed by atoms with E-state index in [1.807, 2.05) is 6.92 Å². The molecule has 0 aromatic heterocycles. The van der Waals surface area contributed by atoms with E-state index >= 15 is 0 Å². The Morgan fingerprint density at radius 3 is 2.81 bits per heavy atom. The van der Waals surface area contributed by atoms with Gasteiger partial charge in [0, 0.05) is 25.4 Å². The summed E-state index contributed by atoms with van der Waals surface area (Å²) in [4.78, 5) is 4.49. The lowest BCUT2D eigenvalue weighted by atomic mass is 10.1. The maximum Gasteiger partial charge on any atom is 0.191 e. The molecule has 0 spiro atoms. The number of thioether (sulfide) groups is 1. The lowest BCUT2D eigenvalue weighted by Crippen LogP contribution is -2.41. The van der Waals surface area contributed by atoms with E-state index in [9.17, 15) is 5.11 Å². The zero-order chi connectivity index (χ0) is 15.6. The zero-order valence-corrected chi connectivity index (χ0v) is 14.5. The van der Waals surface area contributed by atoms with E-state index in [-0.39, 0.29) is 0 Å². The second kappa shape index (κ2) is 10.3. The molecule has 1 aliphatic rings. The topological polar surface area (TPSA) is 65.9 Å². The van der Waals surface area contributed by atoms with Crippen LogP contribution in [0.1, 0.15) is 33.6 Å². The summed E-state index contributed by atoms with van der Waals surface area (Å²) in [5.74, 6) is 3.26. The Morgan fingerprint density at radius 1 is 1.38 bits per heavy atom. The molecule has 21 heavy (non-hydrogen) atoms. The molecule has 0 aromatic rings. The molecule has 0 aliphatic carbocycles. The fourth-order valence-corrected chi connectivity index (χ4v) is 3.24. The van der Waals surface area contributed by atoms with E-state index in [0.717, 1.165) is 50.0 Å². The highest BCUT2D eigenvalue weighted by molar-refractivity contribution is 7.99. The normalized spacial score (nSPS) is 22.8. The molecule has 0 radical (unpaired) electrons. The molecule has 1 saturated heterocycles. The number of ether oxygens (including phenoxy) is 1. The van der Waals surface area contributed by atoms with Crippen molar-refractivity contribution in [2.45, 2.75) is 39.2 Å². The molecule has 1 fully saturated rings. The van der Waals surface area contributed by atoms with E-state index in [2.05, 4.69) is 29.5 Å². The van der Waals surface area contributed by atoms with Crippen molar-refractivity contribution in [2.24, 2.45) is 10.9 Å². The van der Waals surface area contributed by atoms with Crippen molar-refractivity contribution in [1.29, 1.82) is 0 Å². The number of aliphatic imine (C=N–C) groups is 1. The first kappa shape index (κ1) is 18.6. The summed E-state index contributed by atoms with van der Waals surface area (Å²) in [5.41, 5.74) is -0.624. The van der Waals surface area contributed by atoms with E-state index in [1.54, 1.807) is 11.8 Å². The first-order valence-corrected chi connectivity index (χ1v) is 9.11. The number of nitrogens with one attached hydrogen (secondary N) is 2. The van der Waals surface area contributed by atoms with Crippen LogP contribution in [0.4, 0.5) is 0 Å². The van der Waals surface area contributed by atoms with Gasteiger partial charge in [-0.1, -0.05) is 13.8 Å². The molecule has 1 atom stereocenters. The Kier molecular flexibility index (Phi) is 9.11. The quantitative estimate of drug-likeness (QED) is 0.341. The number of rotatable bonds is 9. The second-order valence-electron chi connectivity index (χ2n) is 5.94. The predicted molar refractivity (Wildman–Crippen MR) is 91.1 cm³/mol. The monoisotopic (exact) mass is 317 g/mol. The predicted octanol–water partition coefficient (Wildman–Crippen LogP) is 1.47. The van der Waals surface area contributed by atoms with Gasteiger partial charge in [-0.05, 0) is 31.4 Å². The summed E-state index contributed by atoms with van der Waals surface area (Å²) in [5, 5.41) is 16.7. The van der Waals surface area contributed by atoms with Gasteiger partial charge in [0.15, 0.2) is 5.96 Å². The van der Waals surface area contributed by atoms with Gasteiger partial charge in [-0.3, -0.25) is 4.99 Å². The molecule has 124 valence electrons. The van der Waals surface area contributed by atoms with Gasteiger partial charge in [-0.2, -0.15) is 11.8 Å². The van der Waals surface area contributed by atoms with Crippen molar-refractivity contribution in [1.82, 2.24) is 10.6 Å². The van der Waals surface area contributed by atoms with Crippen LogP contribution in [0.3, 0.4) is 0 Å². The van der Waals surface area contributed by atoms with Crippen LogP contribution < -0.4 is 10.6 Å². The molecular formula is C15H31N3O2S. The summed E-state index contributed by atoms with van der Waals surface area (Å²) in [6.45, 7) is 9.93. The molecular weight excluding hydrogens is 286 g/mol. The molecule has 6 heteroatoms. The molecule has 0 bridgehead atoms.